The summed E-state index contributed by atoms with van der Waals surface area (Å²) < 4.78 is 5.27. The third-order valence-electron chi connectivity index (χ3n) is 6.72. The fraction of sp³-hybridized carbons (Fsp3) is 0.333. The van der Waals surface area contributed by atoms with Crippen molar-refractivity contribution >= 4 is 46.1 Å². The summed E-state index contributed by atoms with van der Waals surface area (Å²) >= 11 is 6.49. The largest absolute Gasteiger partial charge is 0.444 e. The number of halogens is 1. The maximum atomic E-state index is 12.9. The van der Waals surface area contributed by atoms with Gasteiger partial charge in [-0.2, -0.15) is 0 Å². The minimum Gasteiger partial charge on any atom is -0.444 e. The summed E-state index contributed by atoms with van der Waals surface area (Å²) in [6.45, 7) is 5.41. The van der Waals surface area contributed by atoms with Crippen molar-refractivity contribution in [1.82, 2.24) is 20.3 Å². The predicted octanol–water partition coefficient (Wildman–Crippen LogP) is 6.78. The number of carbonyl (C=O) groups excluding carboxylic acids is 2. The number of anilines is 2. The Morgan fingerprint density at radius 2 is 1.80 bits per heavy atom. The lowest BCUT2D eigenvalue weighted by molar-refractivity contribution is 0.0635. The van der Waals surface area contributed by atoms with Gasteiger partial charge in [-0.1, -0.05) is 29.8 Å². The van der Waals surface area contributed by atoms with E-state index in [9.17, 15) is 9.59 Å². The number of hydrogen-bond acceptors (Lipinski definition) is 6. The van der Waals surface area contributed by atoms with Gasteiger partial charge in [0.05, 0.1) is 16.9 Å². The molecule has 0 aliphatic heterocycles. The van der Waals surface area contributed by atoms with Crippen molar-refractivity contribution in [2.45, 2.75) is 64.1 Å². The summed E-state index contributed by atoms with van der Waals surface area (Å²) in [5, 5.41) is 10.8. The Morgan fingerprint density at radius 1 is 1.05 bits per heavy atom. The molecular formula is C30H33ClN6O3. The predicted molar refractivity (Wildman–Crippen MR) is 158 cm³/mol. The van der Waals surface area contributed by atoms with Crippen LogP contribution in [-0.4, -0.2) is 44.6 Å². The summed E-state index contributed by atoms with van der Waals surface area (Å²) in [5.41, 5.74) is 3.10. The number of benzene rings is 2. The fourth-order valence-corrected chi connectivity index (χ4v) is 5.12. The molecule has 0 bridgehead atoms. The maximum Gasteiger partial charge on any atom is 0.412 e. The van der Waals surface area contributed by atoms with Gasteiger partial charge in [-0.25, -0.2) is 14.8 Å². The first-order valence-electron chi connectivity index (χ1n) is 13.4. The Morgan fingerprint density at radius 3 is 2.58 bits per heavy atom. The summed E-state index contributed by atoms with van der Waals surface area (Å²) in [7, 11) is 0. The minimum absolute atomic E-state index is 0.0127. The summed E-state index contributed by atoms with van der Waals surface area (Å²) in [6.07, 6.45) is 6.55. The molecule has 2 atom stereocenters. The number of fused-ring (bicyclic) bond motifs is 1. The Hall–Kier alpha value is -4.11. The third kappa shape index (κ3) is 6.71. The highest BCUT2D eigenvalue weighted by Gasteiger charge is 2.25. The van der Waals surface area contributed by atoms with Crippen LogP contribution in [0.5, 0.6) is 0 Å². The van der Waals surface area contributed by atoms with Crippen LogP contribution in [0.25, 0.3) is 22.2 Å². The van der Waals surface area contributed by atoms with E-state index in [2.05, 4.69) is 25.9 Å². The topological polar surface area (TPSA) is 121 Å². The average Bonchev–Trinajstić information content (AvgIpc) is 3.33. The number of nitrogens with zero attached hydrogens (tertiary/aromatic N) is 2. The molecule has 5 rings (SSSR count). The van der Waals surface area contributed by atoms with Crippen LogP contribution in [0.4, 0.5) is 16.4 Å². The highest BCUT2D eigenvalue weighted by Crippen LogP contribution is 2.32. The van der Waals surface area contributed by atoms with Gasteiger partial charge in [-0.3, -0.25) is 10.1 Å². The van der Waals surface area contributed by atoms with Crippen molar-refractivity contribution in [3.05, 3.63) is 71.5 Å². The third-order valence-corrected chi connectivity index (χ3v) is 7.00. The first-order valence-corrected chi connectivity index (χ1v) is 13.8. The minimum atomic E-state index is -0.587. The molecule has 0 radical (unpaired) electrons. The van der Waals surface area contributed by atoms with E-state index in [4.69, 9.17) is 21.3 Å². The first kappa shape index (κ1) is 27.5. The second kappa shape index (κ2) is 11.6. The molecular weight excluding hydrogens is 528 g/mol. The fourth-order valence-electron chi connectivity index (χ4n) is 4.92. The van der Waals surface area contributed by atoms with Gasteiger partial charge in [0.1, 0.15) is 5.60 Å². The van der Waals surface area contributed by atoms with Crippen molar-refractivity contribution in [2.75, 3.05) is 10.6 Å². The van der Waals surface area contributed by atoms with Crippen molar-refractivity contribution in [3.8, 4) is 11.3 Å². The normalized spacial score (nSPS) is 17.3. The van der Waals surface area contributed by atoms with Crippen molar-refractivity contribution < 1.29 is 14.3 Å². The molecule has 0 saturated heterocycles. The van der Waals surface area contributed by atoms with Crippen LogP contribution in [0.2, 0.25) is 5.02 Å². The Labute approximate surface area is 238 Å². The van der Waals surface area contributed by atoms with Crippen LogP contribution in [0.3, 0.4) is 0 Å². The zero-order chi connectivity index (χ0) is 28.3. The molecule has 208 valence electrons. The standard InChI is InChI=1S/C30H33ClN6O3/c1-30(2,3)40-29(39)36-19-13-11-18(12-14-19)27(38)34-20-7-6-8-21(15-20)35-28-33-17-24(31)26(37-28)23-16-32-25-10-5-4-9-22(23)25/h4-5,9-14,16-17,20-21,32H,6-8,15H2,1-3H3,(H,34,38)(H,36,39)(H,33,35,37)/t20-,21+/m0/s1. The molecule has 1 fully saturated rings. The van der Waals surface area contributed by atoms with Gasteiger partial charge in [0.2, 0.25) is 5.95 Å². The van der Waals surface area contributed by atoms with Crippen LogP contribution in [0.1, 0.15) is 56.8 Å². The molecule has 9 nitrogen and oxygen atoms in total. The molecule has 4 N–H and O–H groups in total. The zero-order valence-electron chi connectivity index (χ0n) is 22.8. The highest BCUT2D eigenvalue weighted by atomic mass is 35.5. The quantitative estimate of drug-likeness (QED) is 0.206. The van der Waals surface area contributed by atoms with E-state index < -0.39 is 11.7 Å². The Bertz CT molecular complexity index is 1510. The molecule has 2 aromatic carbocycles. The molecule has 1 saturated carbocycles. The molecule has 10 heteroatoms. The van der Waals surface area contributed by atoms with Gasteiger partial charge in [0, 0.05) is 46.0 Å². The van der Waals surface area contributed by atoms with E-state index in [1.807, 2.05) is 30.5 Å². The van der Waals surface area contributed by atoms with Gasteiger partial charge < -0.3 is 20.4 Å². The molecule has 1 aliphatic rings. The van der Waals surface area contributed by atoms with Gasteiger partial charge >= 0.3 is 6.09 Å². The van der Waals surface area contributed by atoms with E-state index in [1.54, 1.807) is 51.2 Å². The number of para-hydroxylation sites is 1. The van der Waals surface area contributed by atoms with E-state index in [0.717, 1.165) is 42.1 Å². The number of aromatic nitrogens is 3. The smallest absolute Gasteiger partial charge is 0.412 e. The molecule has 2 amide bonds. The summed E-state index contributed by atoms with van der Waals surface area (Å²) in [4.78, 5) is 37.3. The zero-order valence-corrected chi connectivity index (χ0v) is 23.5. The van der Waals surface area contributed by atoms with Crippen LogP contribution >= 0.6 is 11.6 Å². The monoisotopic (exact) mass is 560 g/mol. The number of hydrogen-bond donors (Lipinski definition) is 4. The van der Waals surface area contributed by atoms with Crippen LogP contribution in [0, 0.1) is 0 Å². The highest BCUT2D eigenvalue weighted by molar-refractivity contribution is 6.33. The number of nitrogens with one attached hydrogen (secondary N) is 4. The number of ether oxygens (including phenoxy) is 1. The van der Waals surface area contributed by atoms with Gasteiger partial charge in [0.25, 0.3) is 5.91 Å². The van der Waals surface area contributed by atoms with Crippen molar-refractivity contribution in [1.29, 1.82) is 0 Å². The lowest BCUT2D eigenvalue weighted by atomic mass is 9.91. The second-order valence-electron chi connectivity index (χ2n) is 11.0. The van der Waals surface area contributed by atoms with E-state index in [1.165, 1.54) is 0 Å². The maximum absolute atomic E-state index is 12.9. The number of rotatable bonds is 6. The van der Waals surface area contributed by atoms with Crippen molar-refractivity contribution in [3.63, 3.8) is 0 Å². The van der Waals surface area contributed by atoms with Gasteiger partial charge in [0.15, 0.2) is 0 Å². The number of amides is 2. The van der Waals surface area contributed by atoms with Crippen LogP contribution < -0.4 is 16.0 Å². The molecule has 0 spiro atoms. The molecule has 40 heavy (non-hydrogen) atoms. The summed E-state index contributed by atoms with van der Waals surface area (Å²) in [6, 6.07) is 14.9. The molecule has 2 aromatic heterocycles. The van der Waals surface area contributed by atoms with Crippen LogP contribution in [0.15, 0.2) is 60.9 Å². The molecule has 2 heterocycles. The number of aromatic amines is 1. The Kier molecular flexibility index (Phi) is 7.93. The van der Waals surface area contributed by atoms with Gasteiger partial charge in [-0.15, -0.1) is 0 Å². The van der Waals surface area contributed by atoms with Crippen molar-refractivity contribution in [2.24, 2.45) is 0 Å². The van der Waals surface area contributed by atoms with E-state index >= 15 is 0 Å². The van der Waals surface area contributed by atoms with Gasteiger partial charge in [-0.05, 0) is 76.8 Å². The Balaban J connectivity index is 1.19. The molecule has 1 aliphatic carbocycles. The number of carbonyl (C=O) groups is 2. The van der Waals surface area contributed by atoms with Crippen LogP contribution in [-0.2, 0) is 4.74 Å². The molecule has 4 aromatic rings. The van der Waals surface area contributed by atoms with E-state index in [-0.39, 0.29) is 18.0 Å². The summed E-state index contributed by atoms with van der Waals surface area (Å²) in [5.74, 6) is 0.355. The number of H-pyrrole nitrogens is 1. The lowest BCUT2D eigenvalue weighted by Crippen LogP contribution is -2.42. The van der Waals surface area contributed by atoms with E-state index in [0.29, 0.717) is 27.9 Å². The second-order valence-corrected chi connectivity index (χ2v) is 11.4. The lowest BCUT2D eigenvalue weighted by Gasteiger charge is -2.30. The molecule has 0 unspecified atom stereocenters. The SMILES string of the molecule is CC(C)(C)OC(=O)Nc1ccc(C(=O)N[C@H]2CCC[C@@H](Nc3ncc(Cl)c(-c4c[nH]c5ccccc45)n3)C2)cc1. The average molecular weight is 561 g/mol. The first-order chi connectivity index (χ1) is 19.1.